The number of piperidine rings is 1. The first-order valence-corrected chi connectivity index (χ1v) is 9.28. The van der Waals surface area contributed by atoms with Crippen LogP contribution in [-0.2, 0) is 10.0 Å². The van der Waals surface area contributed by atoms with Crippen molar-refractivity contribution in [2.24, 2.45) is 11.1 Å². The molecule has 0 bridgehead atoms. The minimum Gasteiger partial charge on any atom is -0.320 e. The number of likely N-dealkylation sites (tertiary alicyclic amines) is 2. The van der Waals surface area contributed by atoms with Gasteiger partial charge < -0.3 is 15.1 Å². The predicted octanol–water partition coefficient (Wildman–Crippen LogP) is 0.892. The van der Waals surface area contributed by atoms with Gasteiger partial charge >= 0.3 is 6.03 Å². The van der Waals surface area contributed by atoms with Crippen molar-refractivity contribution in [3.63, 3.8) is 0 Å². The molecule has 2 fully saturated rings. The Labute approximate surface area is 136 Å². The molecule has 0 radical (unpaired) electrons. The van der Waals surface area contributed by atoms with Crippen LogP contribution in [0.3, 0.4) is 0 Å². The predicted molar refractivity (Wildman–Crippen MR) is 87.5 cm³/mol. The lowest BCUT2D eigenvalue weighted by Crippen LogP contribution is -2.49. The first kappa shape index (κ1) is 16.2. The molecule has 0 unspecified atom stereocenters. The lowest BCUT2D eigenvalue weighted by molar-refractivity contribution is 0.137. The number of carbonyl (C=O) groups excluding carboxylic acids is 1. The van der Waals surface area contributed by atoms with Crippen LogP contribution in [0.15, 0.2) is 29.2 Å². The second kappa shape index (κ2) is 6.10. The van der Waals surface area contributed by atoms with Crippen molar-refractivity contribution in [2.75, 3.05) is 32.0 Å². The second-order valence-electron chi connectivity index (χ2n) is 6.36. The van der Waals surface area contributed by atoms with Crippen LogP contribution in [0.1, 0.15) is 12.8 Å². The van der Waals surface area contributed by atoms with Crippen LogP contribution in [-0.4, -0.2) is 57.0 Å². The van der Waals surface area contributed by atoms with E-state index in [2.05, 4.69) is 17.3 Å². The molecular weight excluding hydrogens is 316 g/mol. The van der Waals surface area contributed by atoms with Crippen molar-refractivity contribution in [1.29, 1.82) is 0 Å². The maximum absolute atomic E-state index is 12.6. The van der Waals surface area contributed by atoms with E-state index >= 15 is 0 Å². The molecule has 0 spiro atoms. The molecule has 0 aliphatic carbocycles. The summed E-state index contributed by atoms with van der Waals surface area (Å²) < 4.78 is 22.8. The number of fused-ring (bicyclic) bond motifs is 1. The Kier molecular flexibility index (Phi) is 4.31. The molecule has 2 atom stereocenters. The van der Waals surface area contributed by atoms with Crippen LogP contribution in [0.25, 0.3) is 0 Å². The van der Waals surface area contributed by atoms with Crippen molar-refractivity contribution in [3.05, 3.63) is 24.3 Å². The topological polar surface area (TPSA) is 95.7 Å². The van der Waals surface area contributed by atoms with Gasteiger partial charge in [0, 0.05) is 24.8 Å². The second-order valence-corrected chi connectivity index (χ2v) is 7.92. The number of nitrogens with one attached hydrogen (secondary N) is 1. The summed E-state index contributed by atoms with van der Waals surface area (Å²) in [5.74, 6) is 0.563. The first-order valence-electron chi connectivity index (χ1n) is 7.73. The third-order valence-electron chi connectivity index (χ3n) is 4.74. The summed E-state index contributed by atoms with van der Waals surface area (Å²) in [4.78, 5) is 16.7. The quantitative estimate of drug-likeness (QED) is 0.837. The third kappa shape index (κ3) is 3.49. The highest BCUT2D eigenvalue weighted by atomic mass is 32.2. The van der Waals surface area contributed by atoms with Crippen molar-refractivity contribution in [1.82, 2.24) is 9.80 Å². The van der Waals surface area contributed by atoms with Gasteiger partial charge in [0.2, 0.25) is 10.0 Å². The summed E-state index contributed by atoms with van der Waals surface area (Å²) in [6, 6.07) is 6.07. The Bertz CT molecular complexity index is 706. The number of hydrogen-bond acceptors (Lipinski definition) is 4. The van der Waals surface area contributed by atoms with Gasteiger partial charge in [0.05, 0.1) is 4.90 Å². The maximum atomic E-state index is 12.6. The lowest BCUT2D eigenvalue weighted by Gasteiger charge is -2.36. The summed E-state index contributed by atoms with van der Waals surface area (Å²) >= 11 is 0. The highest BCUT2D eigenvalue weighted by molar-refractivity contribution is 7.89. The van der Waals surface area contributed by atoms with Gasteiger partial charge in [-0.2, -0.15) is 0 Å². The van der Waals surface area contributed by atoms with E-state index in [-0.39, 0.29) is 17.0 Å². The molecule has 2 aliphatic heterocycles. The van der Waals surface area contributed by atoms with Gasteiger partial charge in [-0.3, -0.25) is 0 Å². The standard InChI is InChI=1S/C15H22N4O3S/c1-18-7-5-11-6-8-19(14(11)10-18)15(20)17-12-3-2-4-13(9-12)23(16,21)22/h2-4,9,11,14H,5-8,10H2,1H3,(H,17,20)(H2,16,21,22)/t11-,14-/m0/s1. The molecule has 1 aromatic carbocycles. The smallest absolute Gasteiger partial charge is 0.320 e. The van der Waals surface area contributed by atoms with E-state index in [4.69, 9.17) is 5.14 Å². The molecule has 3 rings (SSSR count). The minimum absolute atomic E-state index is 0.00741. The zero-order valence-corrected chi connectivity index (χ0v) is 13.9. The SMILES string of the molecule is CN1CC[C@H]2CCN(C(=O)Nc3cccc(S(N)(=O)=O)c3)[C@H]2C1. The van der Waals surface area contributed by atoms with Crippen LogP contribution < -0.4 is 10.5 Å². The van der Waals surface area contributed by atoms with Gasteiger partial charge in [0.15, 0.2) is 0 Å². The molecule has 1 aromatic rings. The van der Waals surface area contributed by atoms with Gasteiger partial charge in [0.25, 0.3) is 0 Å². The van der Waals surface area contributed by atoms with Crippen LogP contribution in [0.5, 0.6) is 0 Å². The fourth-order valence-corrected chi connectivity index (χ4v) is 4.06. The van der Waals surface area contributed by atoms with Gasteiger partial charge in [-0.1, -0.05) is 6.07 Å². The number of benzene rings is 1. The fraction of sp³-hybridized carbons (Fsp3) is 0.533. The lowest BCUT2D eigenvalue weighted by atomic mass is 9.92. The summed E-state index contributed by atoms with van der Waals surface area (Å²) in [6.45, 7) is 2.70. The monoisotopic (exact) mass is 338 g/mol. The Hall–Kier alpha value is -1.64. The molecule has 2 aliphatic rings. The van der Waals surface area contributed by atoms with Crippen molar-refractivity contribution in [2.45, 2.75) is 23.8 Å². The highest BCUT2D eigenvalue weighted by Gasteiger charge is 2.39. The van der Waals surface area contributed by atoms with Gasteiger partial charge in [-0.05, 0) is 50.6 Å². The fourth-order valence-electron chi connectivity index (χ4n) is 3.50. The Morgan fingerprint density at radius 2 is 2.04 bits per heavy atom. The Morgan fingerprint density at radius 3 is 2.78 bits per heavy atom. The third-order valence-corrected chi connectivity index (χ3v) is 5.65. The van der Waals surface area contributed by atoms with Crippen LogP contribution in [0, 0.1) is 5.92 Å². The summed E-state index contributed by atoms with van der Waals surface area (Å²) in [7, 11) is -1.71. The molecule has 23 heavy (non-hydrogen) atoms. The van der Waals surface area contributed by atoms with E-state index in [1.54, 1.807) is 12.1 Å². The van der Waals surface area contributed by atoms with Gasteiger partial charge in [-0.15, -0.1) is 0 Å². The van der Waals surface area contributed by atoms with E-state index in [0.717, 1.165) is 32.5 Å². The molecule has 2 amide bonds. The Morgan fingerprint density at radius 1 is 1.30 bits per heavy atom. The summed E-state index contributed by atoms with van der Waals surface area (Å²) in [5, 5.41) is 7.92. The van der Waals surface area contributed by atoms with Crippen molar-refractivity contribution in [3.8, 4) is 0 Å². The van der Waals surface area contributed by atoms with Gasteiger partial charge in [0.1, 0.15) is 0 Å². The number of anilines is 1. The molecule has 0 aromatic heterocycles. The molecule has 2 saturated heterocycles. The van der Waals surface area contributed by atoms with E-state index in [1.165, 1.54) is 12.1 Å². The minimum atomic E-state index is -3.78. The number of carbonyl (C=O) groups is 1. The zero-order valence-electron chi connectivity index (χ0n) is 13.1. The zero-order chi connectivity index (χ0) is 16.6. The first-order chi connectivity index (χ1) is 10.8. The number of amides is 2. The molecule has 0 saturated carbocycles. The van der Waals surface area contributed by atoms with Crippen LogP contribution >= 0.6 is 0 Å². The number of nitrogens with zero attached hydrogens (tertiary/aromatic N) is 2. The molecule has 7 nitrogen and oxygen atoms in total. The van der Waals surface area contributed by atoms with Crippen LogP contribution in [0.4, 0.5) is 10.5 Å². The average molecular weight is 338 g/mol. The number of rotatable bonds is 2. The largest absolute Gasteiger partial charge is 0.322 e. The van der Waals surface area contributed by atoms with E-state index in [9.17, 15) is 13.2 Å². The molecule has 8 heteroatoms. The van der Waals surface area contributed by atoms with Crippen molar-refractivity contribution >= 4 is 21.7 Å². The molecular formula is C15H22N4O3S. The number of hydrogen-bond donors (Lipinski definition) is 2. The normalized spacial score (nSPS) is 25.2. The Balaban J connectivity index is 1.72. The van der Waals surface area contributed by atoms with Crippen LogP contribution in [0.2, 0.25) is 0 Å². The average Bonchev–Trinajstić information content (AvgIpc) is 2.89. The molecule has 3 N–H and O–H groups in total. The van der Waals surface area contributed by atoms with E-state index < -0.39 is 10.0 Å². The van der Waals surface area contributed by atoms with E-state index in [1.807, 2.05) is 4.90 Å². The number of likely N-dealkylation sites (N-methyl/N-ethyl adjacent to an activating group) is 1. The van der Waals surface area contributed by atoms with E-state index in [0.29, 0.717) is 11.6 Å². The highest BCUT2D eigenvalue weighted by Crippen LogP contribution is 2.31. The maximum Gasteiger partial charge on any atom is 0.322 e. The summed E-state index contributed by atoms with van der Waals surface area (Å²) in [6.07, 6.45) is 2.15. The number of nitrogens with two attached hydrogens (primary N) is 1. The number of primary sulfonamides is 1. The number of sulfonamides is 1. The van der Waals surface area contributed by atoms with Crippen molar-refractivity contribution < 1.29 is 13.2 Å². The van der Waals surface area contributed by atoms with Gasteiger partial charge in [-0.25, -0.2) is 18.4 Å². The summed E-state index contributed by atoms with van der Waals surface area (Å²) in [5.41, 5.74) is 0.439. The molecule has 2 heterocycles. The number of urea groups is 1. The molecule has 126 valence electrons.